The molecule has 0 radical (unpaired) electrons. The van der Waals surface area contributed by atoms with Crippen LogP contribution in [0.15, 0.2) is 24.3 Å². The van der Waals surface area contributed by atoms with Crippen molar-refractivity contribution in [2.45, 2.75) is 31.6 Å². The standard InChI is InChI=1S/C14H19N3/c15-9-10-5-1-2-6-11(10)14-16-12-7-3-4-8-13(12)17-14/h3-4,7-8,10-11H,1-2,5-6,9,15H2,(H,16,17). The Bertz CT molecular complexity index is 470. The van der Waals surface area contributed by atoms with Crippen molar-refractivity contribution in [3.05, 3.63) is 30.1 Å². The number of imidazole rings is 1. The molecule has 2 unspecified atom stereocenters. The van der Waals surface area contributed by atoms with Crippen LogP contribution in [0.2, 0.25) is 0 Å². The fraction of sp³-hybridized carbons (Fsp3) is 0.500. The van der Waals surface area contributed by atoms with Gasteiger partial charge in [0.25, 0.3) is 0 Å². The first-order valence-corrected chi connectivity index (χ1v) is 6.53. The molecule has 1 heterocycles. The number of H-pyrrole nitrogens is 1. The molecule has 1 saturated carbocycles. The van der Waals surface area contributed by atoms with Crippen molar-refractivity contribution in [1.82, 2.24) is 9.97 Å². The van der Waals surface area contributed by atoms with Crippen molar-refractivity contribution >= 4 is 11.0 Å². The normalized spacial score (nSPS) is 25.2. The van der Waals surface area contributed by atoms with E-state index in [0.29, 0.717) is 11.8 Å². The molecule has 0 amide bonds. The van der Waals surface area contributed by atoms with E-state index in [2.05, 4.69) is 17.1 Å². The third-order valence-electron chi connectivity index (χ3n) is 3.97. The summed E-state index contributed by atoms with van der Waals surface area (Å²) in [6.07, 6.45) is 5.09. The molecule has 3 N–H and O–H groups in total. The highest BCUT2D eigenvalue weighted by atomic mass is 14.9. The smallest absolute Gasteiger partial charge is 0.110 e. The number of nitrogens with two attached hydrogens (primary N) is 1. The van der Waals surface area contributed by atoms with E-state index >= 15 is 0 Å². The zero-order chi connectivity index (χ0) is 11.7. The zero-order valence-electron chi connectivity index (χ0n) is 10.0. The van der Waals surface area contributed by atoms with E-state index in [-0.39, 0.29) is 0 Å². The van der Waals surface area contributed by atoms with Crippen molar-refractivity contribution in [2.75, 3.05) is 6.54 Å². The Balaban J connectivity index is 1.96. The van der Waals surface area contributed by atoms with Crippen molar-refractivity contribution in [3.63, 3.8) is 0 Å². The Labute approximate surface area is 101 Å². The second-order valence-corrected chi connectivity index (χ2v) is 5.03. The fourth-order valence-electron chi connectivity index (χ4n) is 3.00. The van der Waals surface area contributed by atoms with Crippen LogP contribution < -0.4 is 5.73 Å². The van der Waals surface area contributed by atoms with Crippen molar-refractivity contribution in [3.8, 4) is 0 Å². The highest BCUT2D eigenvalue weighted by Gasteiger charge is 2.27. The molecule has 17 heavy (non-hydrogen) atoms. The van der Waals surface area contributed by atoms with E-state index in [1.54, 1.807) is 0 Å². The minimum absolute atomic E-state index is 0.529. The number of benzene rings is 1. The summed E-state index contributed by atoms with van der Waals surface area (Å²) < 4.78 is 0. The van der Waals surface area contributed by atoms with Crippen LogP contribution in [0.25, 0.3) is 11.0 Å². The van der Waals surface area contributed by atoms with E-state index in [1.807, 2.05) is 12.1 Å². The molecule has 0 saturated heterocycles. The molecule has 0 bridgehead atoms. The summed E-state index contributed by atoms with van der Waals surface area (Å²) >= 11 is 0. The molecular weight excluding hydrogens is 210 g/mol. The Kier molecular flexibility index (Phi) is 2.85. The van der Waals surface area contributed by atoms with Crippen LogP contribution in [-0.4, -0.2) is 16.5 Å². The predicted molar refractivity (Wildman–Crippen MR) is 69.8 cm³/mol. The molecule has 1 aromatic carbocycles. The average molecular weight is 229 g/mol. The van der Waals surface area contributed by atoms with E-state index < -0.39 is 0 Å². The Morgan fingerprint density at radius 2 is 2.06 bits per heavy atom. The van der Waals surface area contributed by atoms with Crippen molar-refractivity contribution < 1.29 is 0 Å². The van der Waals surface area contributed by atoms with Crippen molar-refractivity contribution in [1.29, 1.82) is 0 Å². The first kappa shape index (κ1) is 10.8. The third-order valence-corrected chi connectivity index (χ3v) is 3.97. The van der Waals surface area contributed by atoms with E-state index in [0.717, 1.165) is 23.4 Å². The molecule has 2 aromatic rings. The minimum atomic E-state index is 0.529. The van der Waals surface area contributed by atoms with Crippen LogP contribution >= 0.6 is 0 Å². The summed E-state index contributed by atoms with van der Waals surface area (Å²) in [4.78, 5) is 8.19. The lowest BCUT2D eigenvalue weighted by Crippen LogP contribution is -2.25. The van der Waals surface area contributed by atoms with E-state index in [4.69, 9.17) is 10.7 Å². The third kappa shape index (κ3) is 1.95. The zero-order valence-corrected chi connectivity index (χ0v) is 10.0. The Morgan fingerprint density at radius 3 is 2.88 bits per heavy atom. The van der Waals surface area contributed by atoms with Gasteiger partial charge < -0.3 is 10.7 Å². The minimum Gasteiger partial charge on any atom is -0.342 e. The summed E-state index contributed by atoms with van der Waals surface area (Å²) in [6, 6.07) is 8.24. The number of nitrogens with one attached hydrogen (secondary N) is 1. The van der Waals surface area contributed by atoms with Gasteiger partial charge in [-0.05, 0) is 37.4 Å². The largest absolute Gasteiger partial charge is 0.342 e. The number of para-hydroxylation sites is 2. The summed E-state index contributed by atoms with van der Waals surface area (Å²) in [7, 11) is 0. The first-order chi connectivity index (χ1) is 8.38. The molecule has 90 valence electrons. The number of aromatic amines is 1. The molecule has 1 fully saturated rings. The fourth-order valence-corrected chi connectivity index (χ4v) is 3.00. The lowest BCUT2D eigenvalue weighted by atomic mass is 9.79. The monoisotopic (exact) mass is 229 g/mol. The number of rotatable bonds is 2. The molecule has 3 rings (SSSR count). The number of fused-ring (bicyclic) bond motifs is 1. The molecule has 2 atom stereocenters. The molecule has 1 aliphatic carbocycles. The lowest BCUT2D eigenvalue weighted by molar-refractivity contribution is 0.306. The SMILES string of the molecule is NCC1CCCCC1c1nc2ccccc2[nH]1. The van der Waals surface area contributed by atoms with Gasteiger partial charge in [-0.3, -0.25) is 0 Å². The quantitative estimate of drug-likeness (QED) is 0.832. The second kappa shape index (κ2) is 4.49. The van der Waals surface area contributed by atoms with Gasteiger partial charge in [-0.2, -0.15) is 0 Å². The highest BCUT2D eigenvalue weighted by Crippen LogP contribution is 2.36. The van der Waals surface area contributed by atoms with Gasteiger partial charge in [-0.15, -0.1) is 0 Å². The van der Waals surface area contributed by atoms with Gasteiger partial charge in [0.05, 0.1) is 11.0 Å². The molecule has 3 heteroatoms. The average Bonchev–Trinajstić information content (AvgIpc) is 2.82. The molecule has 0 spiro atoms. The highest BCUT2D eigenvalue weighted by molar-refractivity contribution is 5.74. The van der Waals surface area contributed by atoms with E-state index in [9.17, 15) is 0 Å². The molecule has 1 aromatic heterocycles. The topological polar surface area (TPSA) is 54.7 Å². The number of nitrogens with zero attached hydrogens (tertiary/aromatic N) is 1. The summed E-state index contributed by atoms with van der Waals surface area (Å²) in [5, 5.41) is 0. The van der Waals surface area contributed by atoms with Gasteiger partial charge in [0.2, 0.25) is 0 Å². The first-order valence-electron chi connectivity index (χ1n) is 6.53. The summed E-state index contributed by atoms with van der Waals surface area (Å²) in [6.45, 7) is 0.779. The summed E-state index contributed by atoms with van der Waals surface area (Å²) in [5.74, 6) is 2.27. The molecular formula is C14H19N3. The van der Waals surface area contributed by atoms with Gasteiger partial charge in [0, 0.05) is 5.92 Å². The lowest BCUT2D eigenvalue weighted by Gasteiger charge is -2.28. The van der Waals surface area contributed by atoms with Gasteiger partial charge in [0.1, 0.15) is 5.82 Å². The Hall–Kier alpha value is -1.35. The maximum Gasteiger partial charge on any atom is 0.110 e. The van der Waals surface area contributed by atoms with Gasteiger partial charge in [-0.25, -0.2) is 4.98 Å². The van der Waals surface area contributed by atoms with E-state index in [1.165, 1.54) is 25.7 Å². The van der Waals surface area contributed by atoms with Crippen LogP contribution in [0.3, 0.4) is 0 Å². The number of aromatic nitrogens is 2. The van der Waals surface area contributed by atoms with Crippen LogP contribution in [0, 0.1) is 5.92 Å². The van der Waals surface area contributed by atoms with Gasteiger partial charge in [0.15, 0.2) is 0 Å². The van der Waals surface area contributed by atoms with Crippen LogP contribution in [0.1, 0.15) is 37.4 Å². The van der Waals surface area contributed by atoms with Crippen molar-refractivity contribution in [2.24, 2.45) is 11.7 Å². The van der Waals surface area contributed by atoms with Gasteiger partial charge in [-0.1, -0.05) is 25.0 Å². The number of hydrogen-bond acceptors (Lipinski definition) is 2. The van der Waals surface area contributed by atoms with Crippen LogP contribution in [-0.2, 0) is 0 Å². The Morgan fingerprint density at radius 1 is 1.24 bits per heavy atom. The maximum absolute atomic E-state index is 5.88. The van der Waals surface area contributed by atoms with Crippen LogP contribution in [0.4, 0.5) is 0 Å². The van der Waals surface area contributed by atoms with Crippen LogP contribution in [0.5, 0.6) is 0 Å². The second-order valence-electron chi connectivity index (χ2n) is 5.03. The molecule has 3 nitrogen and oxygen atoms in total. The molecule has 1 aliphatic rings. The van der Waals surface area contributed by atoms with Gasteiger partial charge >= 0.3 is 0 Å². The molecule has 0 aliphatic heterocycles. The summed E-state index contributed by atoms with van der Waals surface area (Å²) in [5.41, 5.74) is 8.10. The number of hydrogen-bond donors (Lipinski definition) is 2. The predicted octanol–water partition coefficient (Wildman–Crippen LogP) is 2.80. The maximum atomic E-state index is 5.88.